The molecule has 1 aliphatic rings. The average Bonchev–Trinajstić information content (AvgIpc) is 2.77. The Morgan fingerprint density at radius 1 is 0.879 bits per heavy atom. The third kappa shape index (κ3) is 5.45. The summed E-state index contributed by atoms with van der Waals surface area (Å²) in [5, 5.41) is 9.50. The molecule has 4 rings (SSSR count). The molecule has 0 spiro atoms. The van der Waals surface area contributed by atoms with E-state index in [0.29, 0.717) is 17.9 Å². The van der Waals surface area contributed by atoms with Gasteiger partial charge in [-0.25, -0.2) is 8.42 Å². The fourth-order valence-electron chi connectivity index (χ4n) is 4.21. The van der Waals surface area contributed by atoms with E-state index in [1.165, 1.54) is 6.26 Å². The van der Waals surface area contributed by atoms with E-state index in [1.54, 1.807) is 12.1 Å². The van der Waals surface area contributed by atoms with Gasteiger partial charge in [0.15, 0.2) is 9.84 Å². The monoisotopic (exact) mass is 464 g/mol. The van der Waals surface area contributed by atoms with Crippen molar-refractivity contribution in [2.45, 2.75) is 37.0 Å². The van der Waals surface area contributed by atoms with Crippen molar-refractivity contribution < 1.29 is 23.1 Å². The summed E-state index contributed by atoms with van der Waals surface area (Å²) in [7, 11) is -3.19. The number of rotatable bonds is 9. The van der Waals surface area contributed by atoms with Crippen LogP contribution in [0.5, 0.6) is 5.75 Å². The number of hydrogen-bond acceptors (Lipinski definition) is 4. The summed E-state index contributed by atoms with van der Waals surface area (Å²) in [6, 6.07) is 22.8. The first-order valence-electron chi connectivity index (χ1n) is 11.1. The number of sulfone groups is 1. The van der Waals surface area contributed by atoms with Crippen molar-refractivity contribution in [3.63, 3.8) is 0 Å². The fraction of sp³-hybridized carbons (Fsp3) is 0.296. The number of ether oxygens (including phenoxy) is 1. The number of benzene rings is 3. The summed E-state index contributed by atoms with van der Waals surface area (Å²) in [5.41, 5.74) is 3.60. The molecule has 0 heterocycles. The van der Waals surface area contributed by atoms with Crippen molar-refractivity contribution in [2.24, 2.45) is 5.41 Å². The van der Waals surface area contributed by atoms with Crippen molar-refractivity contribution in [2.75, 3.05) is 12.9 Å². The summed E-state index contributed by atoms with van der Waals surface area (Å²) in [5.74, 6) is 0.0883. The van der Waals surface area contributed by atoms with Gasteiger partial charge in [-0.15, -0.1) is 0 Å². The first kappa shape index (κ1) is 23.1. The lowest BCUT2D eigenvalue weighted by molar-refractivity contribution is -0.154. The molecule has 33 heavy (non-hydrogen) atoms. The molecule has 0 radical (unpaired) electrons. The minimum Gasteiger partial charge on any atom is -0.493 e. The maximum Gasteiger partial charge on any atom is 0.309 e. The van der Waals surface area contributed by atoms with Gasteiger partial charge in [0.2, 0.25) is 0 Å². The van der Waals surface area contributed by atoms with Crippen LogP contribution in [0.3, 0.4) is 0 Å². The molecule has 0 bridgehead atoms. The molecule has 3 aromatic rings. The Labute approximate surface area is 195 Å². The molecular formula is C27H28O5S. The standard InChI is InChI=1S/C27H28O5S/c1-33(30,31)25-13-9-23(10-14-25)22-7-3-20(4-8-22)15-18-32-24-11-5-21(6-12-24)19-27(26(28)29)16-2-17-27/h3-14H,2,15-19H2,1H3,(H,28,29). The Hall–Kier alpha value is -3.12. The molecule has 6 heteroatoms. The maximum atomic E-state index is 11.6. The van der Waals surface area contributed by atoms with Gasteiger partial charge < -0.3 is 9.84 Å². The van der Waals surface area contributed by atoms with Crippen LogP contribution in [0.15, 0.2) is 77.7 Å². The van der Waals surface area contributed by atoms with E-state index in [4.69, 9.17) is 4.74 Å². The van der Waals surface area contributed by atoms with Gasteiger partial charge >= 0.3 is 5.97 Å². The van der Waals surface area contributed by atoms with Crippen molar-refractivity contribution in [1.82, 2.24) is 0 Å². The van der Waals surface area contributed by atoms with Gasteiger partial charge in [0.25, 0.3) is 0 Å². The van der Waals surface area contributed by atoms with Crippen molar-refractivity contribution in [3.05, 3.63) is 83.9 Å². The molecule has 172 valence electrons. The Morgan fingerprint density at radius 3 is 1.91 bits per heavy atom. The number of carbonyl (C=O) groups is 1. The molecule has 1 aliphatic carbocycles. The Morgan fingerprint density at radius 2 is 1.42 bits per heavy atom. The van der Waals surface area contributed by atoms with Crippen LogP contribution in [0, 0.1) is 5.41 Å². The van der Waals surface area contributed by atoms with E-state index in [9.17, 15) is 18.3 Å². The quantitative estimate of drug-likeness (QED) is 0.472. The van der Waals surface area contributed by atoms with Gasteiger partial charge in [0.1, 0.15) is 5.75 Å². The molecule has 1 fully saturated rings. The molecule has 0 saturated heterocycles. The van der Waals surface area contributed by atoms with Gasteiger partial charge in [-0.3, -0.25) is 4.79 Å². The summed E-state index contributed by atoms with van der Waals surface area (Å²) < 4.78 is 29.1. The van der Waals surface area contributed by atoms with Crippen LogP contribution in [0.1, 0.15) is 30.4 Å². The van der Waals surface area contributed by atoms with Crippen LogP contribution < -0.4 is 4.74 Å². The second-order valence-corrected chi connectivity index (χ2v) is 10.9. The average molecular weight is 465 g/mol. The zero-order valence-electron chi connectivity index (χ0n) is 18.7. The predicted octanol–water partition coefficient (Wildman–Crippen LogP) is 5.18. The molecule has 0 amide bonds. The highest BCUT2D eigenvalue weighted by Gasteiger charge is 2.44. The second-order valence-electron chi connectivity index (χ2n) is 8.85. The number of hydrogen-bond donors (Lipinski definition) is 1. The number of carboxylic acid groups (broad SMARTS) is 1. The smallest absolute Gasteiger partial charge is 0.309 e. The van der Waals surface area contributed by atoms with Crippen LogP contribution >= 0.6 is 0 Å². The van der Waals surface area contributed by atoms with Gasteiger partial charge in [0.05, 0.1) is 16.9 Å². The van der Waals surface area contributed by atoms with Gasteiger partial charge in [-0.05, 0) is 65.8 Å². The third-order valence-corrected chi connectivity index (χ3v) is 7.59. The SMILES string of the molecule is CS(=O)(=O)c1ccc(-c2ccc(CCOc3ccc(CC4(C(=O)O)CCC4)cc3)cc2)cc1. The van der Waals surface area contributed by atoms with E-state index in [0.717, 1.165) is 53.7 Å². The number of aliphatic carboxylic acids is 1. The molecule has 0 unspecified atom stereocenters. The Kier molecular flexibility index (Phi) is 6.56. The number of carboxylic acids is 1. The molecule has 3 aromatic carbocycles. The summed E-state index contributed by atoms with van der Waals surface area (Å²) in [6.07, 6.45) is 5.04. The van der Waals surface area contributed by atoms with Crippen LogP contribution in [0.4, 0.5) is 0 Å². The lowest BCUT2D eigenvalue weighted by Crippen LogP contribution is -2.39. The molecule has 1 N–H and O–H groups in total. The van der Waals surface area contributed by atoms with E-state index in [2.05, 4.69) is 12.1 Å². The van der Waals surface area contributed by atoms with E-state index >= 15 is 0 Å². The van der Waals surface area contributed by atoms with E-state index in [1.807, 2.05) is 48.5 Å². The zero-order chi connectivity index (χ0) is 23.5. The van der Waals surface area contributed by atoms with Crippen LogP contribution in [0.25, 0.3) is 11.1 Å². The molecular weight excluding hydrogens is 436 g/mol. The van der Waals surface area contributed by atoms with E-state index < -0.39 is 21.2 Å². The molecule has 5 nitrogen and oxygen atoms in total. The summed E-state index contributed by atoms with van der Waals surface area (Å²) in [6.45, 7) is 0.542. The molecule has 0 aromatic heterocycles. The van der Waals surface area contributed by atoms with Crippen LogP contribution in [-0.2, 0) is 27.5 Å². The van der Waals surface area contributed by atoms with Gasteiger partial charge in [-0.2, -0.15) is 0 Å². The summed E-state index contributed by atoms with van der Waals surface area (Å²) >= 11 is 0. The highest BCUT2D eigenvalue weighted by Crippen LogP contribution is 2.44. The lowest BCUT2D eigenvalue weighted by atomic mass is 9.65. The predicted molar refractivity (Wildman–Crippen MR) is 128 cm³/mol. The minimum absolute atomic E-state index is 0.317. The Bertz CT molecular complexity index is 1210. The minimum atomic E-state index is -3.19. The highest BCUT2D eigenvalue weighted by atomic mass is 32.2. The largest absolute Gasteiger partial charge is 0.493 e. The fourth-order valence-corrected chi connectivity index (χ4v) is 4.84. The van der Waals surface area contributed by atoms with Crippen molar-refractivity contribution >= 4 is 15.8 Å². The van der Waals surface area contributed by atoms with E-state index in [-0.39, 0.29) is 0 Å². The molecule has 1 saturated carbocycles. The van der Waals surface area contributed by atoms with Gasteiger partial charge in [0, 0.05) is 12.7 Å². The van der Waals surface area contributed by atoms with Crippen molar-refractivity contribution in [1.29, 1.82) is 0 Å². The van der Waals surface area contributed by atoms with Crippen LogP contribution in [0.2, 0.25) is 0 Å². The first-order valence-corrected chi connectivity index (χ1v) is 13.0. The van der Waals surface area contributed by atoms with Crippen LogP contribution in [-0.4, -0.2) is 32.4 Å². The normalized spacial score (nSPS) is 14.9. The highest BCUT2D eigenvalue weighted by molar-refractivity contribution is 7.90. The Balaban J connectivity index is 1.29. The topological polar surface area (TPSA) is 80.7 Å². The maximum absolute atomic E-state index is 11.6. The first-order chi connectivity index (χ1) is 15.7. The van der Waals surface area contributed by atoms with Gasteiger partial charge in [-0.1, -0.05) is 55.0 Å². The van der Waals surface area contributed by atoms with Crippen molar-refractivity contribution in [3.8, 4) is 16.9 Å². The molecule has 0 aliphatic heterocycles. The third-order valence-electron chi connectivity index (χ3n) is 6.46. The zero-order valence-corrected chi connectivity index (χ0v) is 19.5. The lowest BCUT2D eigenvalue weighted by Gasteiger charge is -2.37. The second kappa shape index (κ2) is 9.40. The summed E-state index contributed by atoms with van der Waals surface area (Å²) in [4.78, 5) is 11.9. The molecule has 0 atom stereocenters.